The van der Waals surface area contributed by atoms with Crippen LogP contribution in [0.5, 0.6) is 11.5 Å². The lowest BCUT2D eigenvalue weighted by Crippen LogP contribution is -2.16. The molecule has 0 spiro atoms. The molecule has 0 atom stereocenters. The zero-order chi connectivity index (χ0) is 27.7. The second-order valence-electron chi connectivity index (χ2n) is 9.39. The standard InChI is InChI=1S/C28H31N7O3S/c1-16-8-7-9-17(2)26(16)31-25(36)15-39-28-29-21-14-23(38-6)22(37-5)13-20(21)27-30-24(33-35(27)28)10-11-34-19(4)12-18(3)32-34/h7-9,12-14H,10-11,15H2,1-6H3,(H,31,36). The van der Waals surface area contributed by atoms with Gasteiger partial charge in [-0.3, -0.25) is 9.48 Å². The van der Waals surface area contributed by atoms with Crippen LogP contribution < -0.4 is 14.8 Å². The average Bonchev–Trinajstić information content (AvgIpc) is 3.49. The van der Waals surface area contributed by atoms with Crippen molar-refractivity contribution in [2.75, 3.05) is 25.3 Å². The molecule has 0 saturated carbocycles. The first-order chi connectivity index (χ1) is 18.8. The molecule has 0 aliphatic carbocycles. The Morgan fingerprint density at radius 2 is 1.69 bits per heavy atom. The molecule has 11 heteroatoms. The summed E-state index contributed by atoms with van der Waals surface area (Å²) in [5.74, 6) is 1.84. The van der Waals surface area contributed by atoms with E-state index in [9.17, 15) is 4.79 Å². The number of amides is 1. The zero-order valence-electron chi connectivity index (χ0n) is 22.9. The monoisotopic (exact) mass is 545 g/mol. The van der Waals surface area contributed by atoms with E-state index in [0.717, 1.165) is 33.6 Å². The summed E-state index contributed by atoms with van der Waals surface area (Å²) in [6, 6.07) is 11.7. The molecule has 1 N–H and O–H groups in total. The number of aryl methyl sites for hydroxylation is 6. The predicted molar refractivity (Wildman–Crippen MR) is 152 cm³/mol. The Balaban J connectivity index is 1.49. The van der Waals surface area contributed by atoms with Crippen LogP contribution in [0, 0.1) is 27.7 Å². The third-order valence-corrected chi connectivity index (χ3v) is 7.45. The number of benzene rings is 2. The quantitative estimate of drug-likeness (QED) is 0.210. The van der Waals surface area contributed by atoms with Gasteiger partial charge in [-0.1, -0.05) is 30.0 Å². The first-order valence-corrected chi connectivity index (χ1v) is 13.6. The molecule has 202 valence electrons. The van der Waals surface area contributed by atoms with Crippen LogP contribution in [-0.2, 0) is 17.8 Å². The molecule has 39 heavy (non-hydrogen) atoms. The van der Waals surface area contributed by atoms with Crippen LogP contribution in [0.3, 0.4) is 0 Å². The highest BCUT2D eigenvalue weighted by molar-refractivity contribution is 7.99. The normalized spacial score (nSPS) is 11.3. The molecule has 0 aliphatic heterocycles. The lowest BCUT2D eigenvalue weighted by molar-refractivity contribution is -0.113. The van der Waals surface area contributed by atoms with Gasteiger partial charge in [0.05, 0.1) is 31.2 Å². The SMILES string of the molecule is COc1cc2nc(SCC(=O)Nc3c(C)cccc3C)n3nc(CCn4nc(C)cc4C)nc3c2cc1OC. The lowest BCUT2D eigenvalue weighted by Gasteiger charge is -2.12. The number of thioether (sulfide) groups is 1. The van der Waals surface area contributed by atoms with E-state index in [0.29, 0.717) is 46.6 Å². The minimum atomic E-state index is -0.121. The minimum Gasteiger partial charge on any atom is -0.493 e. The van der Waals surface area contributed by atoms with Crippen LogP contribution in [0.25, 0.3) is 16.6 Å². The second-order valence-corrected chi connectivity index (χ2v) is 10.3. The van der Waals surface area contributed by atoms with E-state index in [1.807, 2.05) is 68.8 Å². The highest BCUT2D eigenvalue weighted by Crippen LogP contribution is 2.34. The highest BCUT2D eigenvalue weighted by atomic mass is 32.2. The molecule has 0 saturated heterocycles. The molecule has 1 amide bonds. The number of rotatable bonds is 9. The number of hydrogen-bond donors (Lipinski definition) is 1. The summed E-state index contributed by atoms with van der Waals surface area (Å²) in [6.07, 6.45) is 0.593. The van der Waals surface area contributed by atoms with Gasteiger partial charge in [-0.25, -0.2) is 9.97 Å². The molecule has 0 bridgehead atoms. The third kappa shape index (κ3) is 5.40. The van der Waals surface area contributed by atoms with Gasteiger partial charge in [0.15, 0.2) is 28.1 Å². The van der Waals surface area contributed by atoms with Crippen LogP contribution >= 0.6 is 11.8 Å². The number of carbonyl (C=O) groups is 1. The van der Waals surface area contributed by atoms with Crippen molar-refractivity contribution in [2.24, 2.45) is 0 Å². The molecule has 0 aliphatic rings. The zero-order valence-corrected chi connectivity index (χ0v) is 23.7. The van der Waals surface area contributed by atoms with Gasteiger partial charge in [-0.2, -0.15) is 9.61 Å². The van der Waals surface area contributed by atoms with Gasteiger partial charge in [-0.05, 0) is 51.0 Å². The fourth-order valence-electron chi connectivity index (χ4n) is 4.58. The second kappa shape index (κ2) is 10.9. The summed E-state index contributed by atoms with van der Waals surface area (Å²) in [7, 11) is 3.18. The van der Waals surface area contributed by atoms with Crippen molar-refractivity contribution < 1.29 is 14.3 Å². The van der Waals surface area contributed by atoms with E-state index in [1.54, 1.807) is 18.7 Å². The Morgan fingerprint density at radius 3 is 2.36 bits per heavy atom. The highest BCUT2D eigenvalue weighted by Gasteiger charge is 2.19. The smallest absolute Gasteiger partial charge is 0.234 e. The van der Waals surface area contributed by atoms with E-state index in [4.69, 9.17) is 24.5 Å². The molecule has 0 radical (unpaired) electrons. The molecule has 5 rings (SSSR count). The number of anilines is 1. The van der Waals surface area contributed by atoms with Gasteiger partial charge < -0.3 is 14.8 Å². The predicted octanol–water partition coefficient (Wildman–Crippen LogP) is 4.70. The topological polar surface area (TPSA) is 108 Å². The number of hydrogen-bond acceptors (Lipinski definition) is 8. The average molecular weight is 546 g/mol. The van der Waals surface area contributed by atoms with Gasteiger partial charge in [0.25, 0.3) is 0 Å². The number of aromatic nitrogens is 6. The van der Waals surface area contributed by atoms with E-state index < -0.39 is 0 Å². The van der Waals surface area contributed by atoms with Crippen molar-refractivity contribution in [3.63, 3.8) is 0 Å². The van der Waals surface area contributed by atoms with Crippen LogP contribution in [-0.4, -0.2) is 55.2 Å². The number of methoxy groups -OCH3 is 2. The third-order valence-electron chi connectivity index (χ3n) is 6.52. The number of ether oxygens (including phenoxy) is 2. The Bertz CT molecular complexity index is 1670. The van der Waals surface area contributed by atoms with Crippen LogP contribution in [0.2, 0.25) is 0 Å². The number of nitrogens with one attached hydrogen (secondary N) is 1. The largest absolute Gasteiger partial charge is 0.493 e. The lowest BCUT2D eigenvalue weighted by atomic mass is 10.1. The molecule has 5 aromatic rings. The van der Waals surface area contributed by atoms with Crippen LogP contribution in [0.4, 0.5) is 5.69 Å². The van der Waals surface area contributed by atoms with Gasteiger partial charge in [0, 0.05) is 35.8 Å². The van der Waals surface area contributed by atoms with Crippen LogP contribution in [0.1, 0.15) is 28.3 Å². The number of para-hydroxylation sites is 1. The van der Waals surface area contributed by atoms with E-state index in [2.05, 4.69) is 10.4 Å². The molecule has 3 aromatic heterocycles. The first-order valence-electron chi connectivity index (χ1n) is 12.6. The Morgan fingerprint density at radius 1 is 0.974 bits per heavy atom. The van der Waals surface area contributed by atoms with Gasteiger partial charge >= 0.3 is 0 Å². The Kier molecular flexibility index (Phi) is 7.42. The van der Waals surface area contributed by atoms with E-state index >= 15 is 0 Å². The molecule has 3 heterocycles. The summed E-state index contributed by atoms with van der Waals surface area (Å²) >= 11 is 1.31. The summed E-state index contributed by atoms with van der Waals surface area (Å²) in [4.78, 5) is 22.6. The summed E-state index contributed by atoms with van der Waals surface area (Å²) in [5, 5.41) is 13.7. The fraction of sp³-hybridized carbons (Fsp3) is 0.321. The number of fused-ring (bicyclic) bond motifs is 3. The minimum absolute atomic E-state index is 0.121. The fourth-order valence-corrected chi connectivity index (χ4v) is 5.32. The summed E-state index contributed by atoms with van der Waals surface area (Å²) in [6.45, 7) is 8.63. The maximum atomic E-state index is 12.9. The molecule has 10 nitrogen and oxygen atoms in total. The molecular formula is C28H31N7O3S. The number of nitrogens with zero attached hydrogens (tertiary/aromatic N) is 6. The van der Waals surface area contributed by atoms with Crippen molar-refractivity contribution in [3.05, 3.63) is 64.7 Å². The van der Waals surface area contributed by atoms with Crippen molar-refractivity contribution in [1.82, 2.24) is 29.4 Å². The Hall–Kier alpha value is -4.12. The van der Waals surface area contributed by atoms with Crippen molar-refractivity contribution in [1.29, 1.82) is 0 Å². The van der Waals surface area contributed by atoms with Crippen LogP contribution in [0.15, 0.2) is 41.6 Å². The first kappa shape index (κ1) is 26.5. The Labute approximate surface area is 230 Å². The van der Waals surface area contributed by atoms with Gasteiger partial charge in [-0.15, -0.1) is 5.10 Å². The molecule has 0 unspecified atom stereocenters. The van der Waals surface area contributed by atoms with E-state index in [1.165, 1.54) is 11.8 Å². The van der Waals surface area contributed by atoms with Crippen molar-refractivity contribution >= 4 is 39.9 Å². The van der Waals surface area contributed by atoms with Gasteiger partial charge in [0.2, 0.25) is 5.91 Å². The number of carbonyl (C=O) groups excluding carboxylic acids is 1. The van der Waals surface area contributed by atoms with E-state index in [-0.39, 0.29) is 11.7 Å². The maximum absolute atomic E-state index is 12.9. The molecule has 0 fully saturated rings. The maximum Gasteiger partial charge on any atom is 0.234 e. The molecule has 2 aromatic carbocycles. The van der Waals surface area contributed by atoms with Crippen molar-refractivity contribution in [3.8, 4) is 11.5 Å². The summed E-state index contributed by atoms with van der Waals surface area (Å²) in [5.41, 5.74) is 6.25. The molecular weight excluding hydrogens is 514 g/mol. The summed E-state index contributed by atoms with van der Waals surface area (Å²) < 4.78 is 14.7. The van der Waals surface area contributed by atoms with Gasteiger partial charge in [0.1, 0.15) is 0 Å². The van der Waals surface area contributed by atoms with Crippen molar-refractivity contribution in [2.45, 2.75) is 45.8 Å².